The van der Waals surface area contributed by atoms with Gasteiger partial charge in [-0.15, -0.1) is 0 Å². The Bertz CT molecular complexity index is 845. The van der Waals surface area contributed by atoms with Gasteiger partial charge in [0.15, 0.2) is 11.5 Å². The lowest BCUT2D eigenvalue weighted by atomic mass is 9.70. The zero-order chi connectivity index (χ0) is 22.1. The van der Waals surface area contributed by atoms with Gasteiger partial charge in [0.05, 0.1) is 25.7 Å². The Morgan fingerprint density at radius 2 is 1.70 bits per heavy atom. The average Bonchev–Trinajstić information content (AvgIpc) is 2.75. The molecule has 2 rings (SSSR count). The van der Waals surface area contributed by atoms with Gasteiger partial charge in [0.1, 0.15) is 5.82 Å². The number of ether oxygens (including phenoxy) is 2. The molecule has 0 aliphatic heterocycles. The quantitative estimate of drug-likeness (QED) is 0.508. The van der Waals surface area contributed by atoms with Crippen molar-refractivity contribution in [2.24, 2.45) is 5.92 Å². The van der Waals surface area contributed by atoms with Gasteiger partial charge in [-0.25, -0.2) is 4.39 Å². The molecule has 0 heterocycles. The van der Waals surface area contributed by atoms with Crippen LogP contribution in [0, 0.1) is 23.1 Å². The lowest BCUT2D eigenvalue weighted by Gasteiger charge is -2.32. The van der Waals surface area contributed by atoms with Crippen LogP contribution in [0.3, 0.4) is 0 Å². The van der Waals surface area contributed by atoms with Gasteiger partial charge in [-0.05, 0) is 74.2 Å². The van der Waals surface area contributed by atoms with Crippen LogP contribution in [0.25, 0.3) is 0 Å². The Hall–Kier alpha value is -2.58. The van der Waals surface area contributed by atoms with E-state index in [4.69, 9.17) is 9.47 Å². The van der Waals surface area contributed by atoms with Crippen molar-refractivity contribution in [2.75, 3.05) is 34.4 Å². The normalized spacial score (nSPS) is 13.2. The van der Waals surface area contributed by atoms with Gasteiger partial charge in [0.25, 0.3) is 0 Å². The molecule has 0 amide bonds. The van der Waals surface area contributed by atoms with Crippen molar-refractivity contribution in [1.29, 1.82) is 5.26 Å². The number of hydrogen-bond acceptors (Lipinski definition) is 4. The number of rotatable bonds is 11. The summed E-state index contributed by atoms with van der Waals surface area (Å²) >= 11 is 0. The maximum atomic E-state index is 13.3. The molecule has 0 saturated heterocycles. The van der Waals surface area contributed by atoms with Crippen molar-refractivity contribution in [3.63, 3.8) is 0 Å². The maximum Gasteiger partial charge on any atom is 0.160 e. The lowest BCUT2D eigenvalue weighted by Crippen LogP contribution is -2.32. The van der Waals surface area contributed by atoms with E-state index in [-0.39, 0.29) is 11.7 Å². The predicted molar refractivity (Wildman–Crippen MR) is 119 cm³/mol. The second-order valence-corrected chi connectivity index (χ2v) is 8.09. The summed E-state index contributed by atoms with van der Waals surface area (Å²) in [6, 6.07) is 14.9. The van der Waals surface area contributed by atoms with E-state index in [1.807, 2.05) is 12.1 Å². The van der Waals surface area contributed by atoms with Gasteiger partial charge < -0.3 is 14.4 Å². The van der Waals surface area contributed by atoms with Crippen LogP contribution < -0.4 is 9.47 Å². The summed E-state index contributed by atoms with van der Waals surface area (Å²) in [6.07, 6.45) is 2.54. The molecule has 0 aliphatic rings. The van der Waals surface area contributed by atoms with Gasteiger partial charge in [0, 0.05) is 6.54 Å². The first-order chi connectivity index (χ1) is 14.4. The van der Waals surface area contributed by atoms with Crippen LogP contribution in [0.2, 0.25) is 0 Å². The topological polar surface area (TPSA) is 45.5 Å². The third-order valence-electron chi connectivity index (χ3n) is 5.89. The standard InChI is InChI=1S/C25H33FN2O2/c1-19(2)25(18-27,21-8-10-22(26)11-9-21)14-6-15-28(3)16-13-20-7-12-23(29-4)24(17-20)30-5/h7-12,17,19H,6,13-16H2,1-5H3. The summed E-state index contributed by atoms with van der Waals surface area (Å²) in [4.78, 5) is 2.28. The number of benzene rings is 2. The van der Waals surface area contributed by atoms with E-state index >= 15 is 0 Å². The number of nitriles is 1. The van der Waals surface area contributed by atoms with Crippen molar-refractivity contribution in [1.82, 2.24) is 4.90 Å². The van der Waals surface area contributed by atoms with E-state index < -0.39 is 5.41 Å². The minimum atomic E-state index is -0.599. The van der Waals surface area contributed by atoms with Crippen molar-refractivity contribution in [3.8, 4) is 17.6 Å². The van der Waals surface area contributed by atoms with E-state index in [1.54, 1.807) is 26.4 Å². The maximum absolute atomic E-state index is 13.3. The average molecular weight is 413 g/mol. The fraction of sp³-hybridized carbons (Fsp3) is 0.480. The summed E-state index contributed by atoms with van der Waals surface area (Å²) in [5, 5.41) is 10.00. The third kappa shape index (κ3) is 5.73. The largest absolute Gasteiger partial charge is 0.493 e. The van der Waals surface area contributed by atoms with Crippen LogP contribution in [0.1, 0.15) is 37.8 Å². The highest BCUT2D eigenvalue weighted by molar-refractivity contribution is 5.43. The molecule has 0 aromatic heterocycles. The van der Waals surface area contributed by atoms with Gasteiger partial charge >= 0.3 is 0 Å². The van der Waals surface area contributed by atoms with E-state index in [9.17, 15) is 9.65 Å². The lowest BCUT2D eigenvalue weighted by molar-refractivity contribution is 0.293. The SMILES string of the molecule is COc1ccc(CCN(C)CCCC(C#N)(c2ccc(F)cc2)C(C)C)cc1OC. The molecule has 4 nitrogen and oxygen atoms in total. The highest BCUT2D eigenvalue weighted by atomic mass is 19.1. The summed E-state index contributed by atoms with van der Waals surface area (Å²) in [6.45, 7) is 5.93. The van der Waals surface area contributed by atoms with Gasteiger partial charge in [-0.3, -0.25) is 0 Å². The zero-order valence-corrected chi connectivity index (χ0v) is 18.7. The smallest absolute Gasteiger partial charge is 0.160 e. The highest BCUT2D eigenvalue weighted by Crippen LogP contribution is 2.36. The monoisotopic (exact) mass is 412 g/mol. The minimum Gasteiger partial charge on any atom is -0.493 e. The first-order valence-electron chi connectivity index (χ1n) is 10.4. The Labute approximate surface area is 180 Å². The molecule has 0 spiro atoms. The molecule has 0 fully saturated rings. The van der Waals surface area contributed by atoms with Crippen LogP contribution in [-0.4, -0.2) is 39.3 Å². The number of likely N-dealkylation sites (N-methyl/N-ethyl adjacent to an activating group) is 1. The molecule has 0 aliphatic carbocycles. The van der Waals surface area contributed by atoms with Crippen LogP contribution >= 0.6 is 0 Å². The summed E-state index contributed by atoms with van der Waals surface area (Å²) in [7, 11) is 5.38. The molecule has 0 N–H and O–H groups in total. The molecular weight excluding hydrogens is 379 g/mol. The van der Waals surface area contributed by atoms with Crippen molar-refractivity contribution in [2.45, 2.75) is 38.5 Å². The van der Waals surface area contributed by atoms with Crippen molar-refractivity contribution >= 4 is 0 Å². The predicted octanol–water partition coefficient (Wildman–Crippen LogP) is 5.21. The molecule has 162 valence electrons. The first-order valence-corrected chi connectivity index (χ1v) is 10.4. The summed E-state index contributed by atoms with van der Waals surface area (Å²) < 4.78 is 24.0. The molecule has 2 aromatic rings. The van der Waals surface area contributed by atoms with Crippen LogP contribution in [0.15, 0.2) is 42.5 Å². The Balaban J connectivity index is 1.94. The van der Waals surface area contributed by atoms with E-state index in [1.165, 1.54) is 17.7 Å². The van der Waals surface area contributed by atoms with Crippen LogP contribution in [0.4, 0.5) is 4.39 Å². The van der Waals surface area contributed by atoms with E-state index in [0.717, 1.165) is 49.4 Å². The second kappa shape index (κ2) is 11.0. The van der Waals surface area contributed by atoms with Crippen molar-refractivity contribution in [3.05, 3.63) is 59.4 Å². The molecule has 0 saturated carbocycles. The molecular formula is C25H33FN2O2. The minimum absolute atomic E-state index is 0.144. The Morgan fingerprint density at radius 3 is 2.27 bits per heavy atom. The Morgan fingerprint density at radius 1 is 1.03 bits per heavy atom. The third-order valence-corrected chi connectivity index (χ3v) is 5.89. The molecule has 2 aromatic carbocycles. The zero-order valence-electron chi connectivity index (χ0n) is 18.7. The number of methoxy groups -OCH3 is 2. The second-order valence-electron chi connectivity index (χ2n) is 8.09. The molecule has 1 unspecified atom stereocenters. The van der Waals surface area contributed by atoms with Gasteiger partial charge in [-0.2, -0.15) is 5.26 Å². The summed E-state index contributed by atoms with van der Waals surface area (Å²) in [5.74, 6) is 1.35. The molecule has 5 heteroatoms. The van der Waals surface area contributed by atoms with Gasteiger partial charge in [0.2, 0.25) is 0 Å². The number of hydrogen-bond donors (Lipinski definition) is 0. The van der Waals surface area contributed by atoms with E-state index in [2.05, 4.69) is 37.9 Å². The molecule has 30 heavy (non-hydrogen) atoms. The fourth-order valence-electron chi connectivity index (χ4n) is 3.86. The fourth-order valence-corrected chi connectivity index (χ4v) is 3.86. The number of halogens is 1. The van der Waals surface area contributed by atoms with Crippen LogP contribution in [-0.2, 0) is 11.8 Å². The number of nitrogens with zero attached hydrogens (tertiary/aromatic N) is 2. The van der Waals surface area contributed by atoms with Crippen LogP contribution in [0.5, 0.6) is 11.5 Å². The van der Waals surface area contributed by atoms with Gasteiger partial charge in [-0.1, -0.05) is 32.0 Å². The molecule has 0 bridgehead atoms. The molecule has 0 radical (unpaired) electrons. The first kappa shape index (κ1) is 23.7. The molecule has 1 atom stereocenters. The van der Waals surface area contributed by atoms with E-state index in [0.29, 0.717) is 0 Å². The highest BCUT2D eigenvalue weighted by Gasteiger charge is 2.35. The Kier molecular flexibility index (Phi) is 8.68. The van der Waals surface area contributed by atoms with Crippen molar-refractivity contribution < 1.29 is 13.9 Å². The summed E-state index contributed by atoms with van der Waals surface area (Å²) in [5.41, 5.74) is 1.49.